The molecule has 0 saturated heterocycles. The number of nitrogens with zero attached hydrogens (tertiary/aromatic N) is 1. The van der Waals surface area contributed by atoms with Crippen LogP contribution < -0.4 is 14.8 Å². The summed E-state index contributed by atoms with van der Waals surface area (Å²) in [7, 11) is 1.65. The van der Waals surface area contributed by atoms with Crippen LogP contribution >= 0.6 is 0 Å². The highest BCUT2D eigenvalue weighted by molar-refractivity contribution is 5.31. The van der Waals surface area contributed by atoms with Gasteiger partial charge >= 0.3 is 0 Å². The molecule has 0 aliphatic rings. The number of methoxy groups -OCH3 is 1. The molecule has 0 amide bonds. The van der Waals surface area contributed by atoms with Crippen LogP contribution in [-0.2, 0) is 13.0 Å². The fourth-order valence-corrected chi connectivity index (χ4v) is 2.07. The van der Waals surface area contributed by atoms with Gasteiger partial charge in [-0.3, -0.25) is 4.98 Å². The van der Waals surface area contributed by atoms with Crippen LogP contribution in [0.15, 0.2) is 42.6 Å². The second-order valence-electron chi connectivity index (χ2n) is 4.66. The summed E-state index contributed by atoms with van der Waals surface area (Å²) in [6.07, 6.45) is 2.84. The van der Waals surface area contributed by atoms with E-state index in [0.717, 1.165) is 36.7 Å². The van der Waals surface area contributed by atoms with Crippen molar-refractivity contribution in [2.75, 3.05) is 20.3 Å². The normalized spacial score (nSPS) is 10.4. The minimum atomic E-state index is 0.626. The number of hydrogen-bond acceptors (Lipinski definition) is 4. The monoisotopic (exact) mass is 286 g/mol. The van der Waals surface area contributed by atoms with E-state index in [-0.39, 0.29) is 0 Å². The lowest BCUT2D eigenvalue weighted by Crippen LogP contribution is -2.21. The second kappa shape index (κ2) is 8.27. The molecule has 2 rings (SSSR count). The Morgan fingerprint density at radius 1 is 1.10 bits per heavy atom. The second-order valence-corrected chi connectivity index (χ2v) is 4.66. The van der Waals surface area contributed by atoms with Gasteiger partial charge in [0.2, 0.25) is 0 Å². The average molecular weight is 286 g/mol. The fourth-order valence-electron chi connectivity index (χ4n) is 2.07. The predicted molar refractivity (Wildman–Crippen MR) is 83.8 cm³/mol. The van der Waals surface area contributed by atoms with Crippen LogP contribution in [0.1, 0.15) is 18.2 Å². The average Bonchev–Trinajstić information content (AvgIpc) is 2.55. The minimum Gasteiger partial charge on any atom is -0.497 e. The Morgan fingerprint density at radius 2 is 1.86 bits per heavy atom. The van der Waals surface area contributed by atoms with Crippen molar-refractivity contribution in [3.05, 3.63) is 53.9 Å². The number of hydrogen-bond donors (Lipinski definition) is 1. The van der Waals surface area contributed by atoms with E-state index in [1.807, 2.05) is 36.5 Å². The Morgan fingerprint density at radius 3 is 2.57 bits per heavy atom. The first-order valence-corrected chi connectivity index (χ1v) is 7.24. The Balaban J connectivity index is 1.70. The molecule has 0 radical (unpaired) electrons. The highest BCUT2D eigenvalue weighted by Gasteiger charge is 2.00. The van der Waals surface area contributed by atoms with Crippen LogP contribution in [0.4, 0.5) is 0 Å². The lowest BCUT2D eigenvalue weighted by atomic mass is 10.1. The molecule has 0 saturated carbocycles. The molecule has 2 aromatic rings. The summed E-state index contributed by atoms with van der Waals surface area (Å²) in [5, 5.41) is 3.36. The number of pyridine rings is 1. The van der Waals surface area contributed by atoms with Gasteiger partial charge in [-0.15, -0.1) is 0 Å². The summed E-state index contributed by atoms with van der Waals surface area (Å²) >= 11 is 0. The summed E-state index contributed by atoms with van der Waals surface area (Å²) < 4.78 is 10.8. The lowest BCUT2D eigenvalue weighted by Gasteiger charge is -2.09. The van der Waals surface area contributed by atoms with Gasteiger partial charge in [0.15, 0.2) is 0 Å². The zero-order valence-electron chi connectivity index (χ0n) is 12.6. The van der Waals surface area contributed by atoms with Gasteiger partial charge in [-0.05, 0) is 42.3 Å². The van der Waals surface area contributed by atoms with Crippen LogP contribution in [0.5, 0.6) is 11.5 Å². The molecule has 1 aromatic carbocycles. The third kappa shape index (κ3) is 4.76. The summed E-state index contributed by atoms with van der Waals surface area (Å²) in [5.74, 6) is 1.69. The Labute approximate surface area is 126 Å². The molecule has 0 aliphatic carbocycles. The molecule has 0 unspecified atom stereocenters. The van der Waals surface area contributed by atoms with Gasteiger partial charge < -0.3 is 14.8 Å². The molecule has 0 aliphatic heterocycles. The maximum Gasteiger partial charge on any atom is 0.119 e. The first-order chi connectivity index (χ1) is 10.3. The fraction of sp³-hybridized carbons (Fsp3) is 0.353. The van der Waals surface area contributed by atoms with Gasteiger partial charge in [0.25, 0.3) is 0 Å². The third-order valence-electron chi connectivity index (χ3n) is 3.26. The third-order valence-corrected chi connectivity index (χ3v) is 3.26. The maximum atomic E-state index is 5.66. The van der Waals surface area contributed by atoms with Gasteiger partial charge in [-0.25, -0.2) is 0 Å². The molecular formula is C17H22N2O2. The van der Waals surface area contributed by atoms with Crippen molar-refractivity contribution < 1.29 is 9.47 Å². The first kappa shape index (κ1) is 15.3. The van der Waals surface area contributed by atoms with Crippen LogP contribution in [0.3, 0.4) is 0 Å². The number of rotatable bonds is 8. The lowest BCUT2D eigenvalue weighted by molar-refractivity contribution is 0.312. The molecule has 1 heterocycles. The molecule has 0 fully saturated rings. The molecule has 1 aromatic heterocycles. The zero-order chi connectivity index (χ0) is 14.9. The van der Waals surface area contributed by atoms with Crippen molar-refractivity contribution in [1.29, 1.82) is 0 Å². The van der Waals surface area contributed by atoms with E-state index < -0.39 is 0 Å². The van der Waals surface area contributed by atoms with E-state index >= 15 is 0 Å². The van der Waals surface area contributed by atoms with Crippen molar-refractivity contribution in [1.82, 2.24) is 10.3 Å². The maximum absolute atomic E-state index is 5.66. The molecular weight excluding hydrogens is 264 g/mol. The van der Waals surface area contributed by atoms with E-state index in [9.17, 15) is 0 Å². The van der Waals surface area contributed by atoms with Crippen LogP contribution in [-0.4, -0.2) is 25.2 Å². The van der Waals surface area contributed by atoms with Gasteiger partial charge in [0.05, 0.1) is 12.8 Å². The summed E-state index contributed by atoms with van der Waals surface area (Å²) in [6, 6.07) is 11.7. The van der Waals surface area contributed by atoms with Crippen molar-refractivity contribution >= 4 is 0 Å². The Bertz CT molecular complexity index is 541. The molecule has 4 heteroatoms. The quantitative estimate of drug-likeness (QED) is 0.758. The smallest absolute Gasteiger partial charge is 0.119 e. The largest absolute Gasteiger partial charge is 0.497 e. The molecule has 0 spiro atoms. The van der Waals surface area contributed by atoms with Crippen LogP contribution in [0.2, 0.25) is 0 Å². The summed E-state index contributed by atoms with van der Waals surface area (Å²) in [4.78, 5) is 4.41. The minimum absolute atomic E-state index is 0.626. The highest BCUT2D eigenvalue weighted by Crippen LogP contribution is 2.16. The number of aromatic nitrogens is 1. The van der Waals surface area contributed by atoms with Crippen molar-refractivity contribution in [3.8, 4) is 11.5 Å². The van der Waals surface area contributed by atoms with Crippen molar-refractivity contribution in [2.24, 2.45) is 0 Å². The van der Waals surface area contributed by atoms with E-state index in [0.29, 0.717) is 6.61 Å². The van der Waals surface area contributed by atoms with E-state index in [2.05, 4.69) is 23.3 Å². The van der Waals surface area contributed by atoms with Crippen molar-refractivity contribution in [2.45, 2.75) is 19.9 Å². The zero-order valence-corrected chi connectivity index (χ0v) is 12.6. The van der Waals surface area contributed by atoms with Crippen LogP contribution in [0.25, 0.3) is 0 Å². The van der Waals surface area contributed by atoms with E-state index in [4.69, 9.17) is 9.47 Å². The molecule has 21 heavy (non-hydrogen) atoms. The Kier molecular flexibility index (Phi) is 6.03. The predicted octanol–water partition coefficient (Wildman–Crippen LogP) is 2.82. The van der Waals surface area contributed by atoms with Gasteiger partial charge in [-0.2, -0.15) is 0 Å². The molecule has 1 N–H and O–H groups in total. The molecule has 4 nitrogen and oxygen atoms in total. The molecule has 0 atom stereocenters. The van der Waals surface area contributed by atoms with E-state index in [1.54, 1.807) is 7.11 Å². The van der Waals surface area contributed by atoms with Gasteiger partial charge in [0, 0.05) is 19.3 Å². The number of aryl methyl sites for hydroxylation is 1. The van der Waals surface area contributed by atoms with E-state index in [1.165, 1.54) is 5.56 Å². The number of nitrogens with one attached hydrogen (secondary N) is 1. The highest BCUT2D eigenvalue weighted by atomic mass is 16.5. The van der Waals surface area contributed by atoms with Gasteiger partial charge in [-0.1, -0.05) is 13.0 Å². The summed E-state index contributed by atoms with van der Waals surface area (Å²) in [6.45, 7) is 4.33. The summed E-state index contributed by atoms with van der Waals surface area (Å²) in [5.41, 5.74) is 2.41. The van der Waals surface area contributed by atoms with Crippen LogP contribution in [0, 0.1) is 0 Å². The number of ether oxygens (including phenoxy) is 2. The standard InChI is InChI=1S/C17H22N2O2/c1-3-14-5-4-10-19-17(14)13-18-11-12-21-16-8-6-15(20-2)7-9-16/h4-10,18H,3,11-13H2,1-2H3. The van der Waals surface area contributed by atoms with Gasteiger partial charge in [0.1, 0.15) is 18.1 Å². The first-order valence-electron chi connectivity index (χ1n) is 7.24. The van der Waals surface area contributed by atoms with Crippen molar-refractivity contribution in [3.63, 3.8) is 0 Å². The molecule has 112 valence electrons. The Hall–Kier alpha value is -2.07. The number of benzene rings is 1. The molecule has 0 bridgehead atoms. The topological polar surface area (TPSA) is 43.4 Å². The SMILES string of the molecule is CCc1cccnc1CNCCOc1ccc(OC)cc1.